The van der Waals surface area contributed by atoms with Crippen LogP contribution in [0.2, 0.25) is 0 Å². The van der Waals surface area contributed by atoms with E-state index in [1.807, 2.05) is 24.3 Å². The standard InChI is InChI=1S/C14H11BrN4O2/c15-11-4-2-1-3-9(11)8-16-14-17-12-6-5-10(19(20)21)7-13(12)18-14/h1-7H,8H2,(H2,16,17,18). The number of anilines is 1. The predicted octanol–water partition coefficient (Wildman–Crippen LogP) is 3.85. The molecule has 1 aromatic heterocycles. The summed E-state index contributed by atoms with van der Waals surface area (Å²) in [4.78, 5) is 17.7. The molecule has 0 aliphatic rings. The Morgan fingerprint density at radius 2 is 2.10 bits per heavy atom. The van der Waals surface area contributed by atoms with Gasteiger partial charge in [-0.2, -0.15) is 0 Å². The summed E-state index contributed by atoms with van der Waals surface area (Å²) in [7, 11) is 0. The van der Waals surface area contributed by atoms with Crippen molar-refractivity contribution in [3.8, 4) is 0 Å². The number of hydrogen-bond donors (Lipinski definition) is 2. The van der Waals surface area contributed by atoms with Crippen LogP contribution in [0, 0.1) is 10.1 Å². The van der Waals surface area contributed by atoms with Crippen molar-refractivity contribution in [2.75, 3.05) is 5.32 Å². The van der Waals surface area contributed by atoms with Gasteiger partial charge in [-0.1, -0.05) is 34.1 Å². The Kier molecular flexibility index (Phi) is 3.57. The molecule has 2 aromatic carbocycles. The Bertz CT molecular complexity index is 816. The summed E-state index contributed by atoms with van der Waals surface area (Å²) in [5.74, 6) is 0.584. The van der Waals surface area contributed by atoms with Crippen LogP contribution in [-0.4, -0.2) is 14.9 Å². The summed E-state index contributed by atoms with van der Waals surface area (Å²) in [6, 6.07) is 12.4. The van der Waals surface area contributed by atoms with Crippen LogP contribution in [0.4, 0.5) is 11.6 Å². The van der Waals surface area contributed by atoms with E-state index in [-0.39, 0.29) is 5.69 Å². The fourth-order valence-corrected chi connectivity index (χ4v) is 2.44. The summed E-state index contributed by atoms with van der Waals surface area (Å²) >= 11 is 3.48. The summed E-state index contributed by atoms with van der Waals surface area (Å²) in [5, 5.41) is 13.9. The van der Waals surface area contributed by atoms with Crippen molar-refractivity contribution in [2.24, 2.45) is 0 Å². The zero-order valence-electron chi connectivity index (χ0n) is 10.8. The average Bonchev–Trinajstić information content (AvgIpc) is 2.88. The first kappa shape index (κ1) is 13.6. The lowest BCUT2D eigenvalue weighted by molar-refractivity contribution is -0.384. The number of imidazole rings is 1. The van der Waals surface area contributed by atoms with Crippen molar-refractivity contribution in [3.63, 3.8) is 0 Å². The second-order valence-electron chi connectivity index (χ2n) is 4.49. The van der Waals surface area contributed by atoms with Gasteiger partial charge in [-0.3, -0.25) is 10.1 Å². The maximum absolute atomic E-state index is 10.8. The smallest absolute Gasteiger partial charge is 0.271 e. The van der Waals surface area contributed by atoms with Crippen molar-refractivity contribution in [1.29, 1.82) is 0 Å². The minimum absolute atomic E-state index is 0.0449. The number of halogens is 1. The van der Waals surface area contributed by atoms with E-state index in [1.165, 1.54) is 12.1 Å². The van der Waals surface area contributed by atoms with Crippen LogP contribution in [0.25, 0.3) is 11.0 Å². The number of fused-ring (bicyclic) bond motifs is 1. The highest BCUT2D eigenvalue weighted by Crippen LogP contribution is 2.21. The lowest BCUT2D eigenvalue weighted by Crippen LogP contribution is -2.01. The first-order chi connectivity index (χ1) is 10.1. The minimum Gasteiger partial charge on any atom is -0.352 e. The summed E-state index contributed by atoms with van der Waals surface area (Å²) in [6.45, 7) is 0.601. The van der Waals surface area contributed by atoms with Gasteiger partial charge >= 0.3 is 0 Å². The molecule has 3 aromatic rings. The van der Waals surface area contributed by atoms with Gasteiger partial charge in [0.15, 0.2) is 0 Å². The lowest BCUT2D eigenvalue weighted by Gasteiger charge is -2.04. The quantitative estimate of drug-likeness (QED) is 0.555. The second-order valence-corrected chi connectivity index (χ2v) is 5.34. The molecule has 2 N–H and O–H groups in total. The molecule has 0 fully saturated rings. The molecule has 0 spiro atoms. The molecular weight excluding hydrogens is 336 g/mol. The van der Waals surface area contributed by atoms with Gasteiger partial charge in [-0.25, -0.2) is 4.98 Å². The van der Waals surface area contributed by atoms with Crippen LogP contribution in [0.5, 0.6) is 0 Å². The molecule has 0 saturated heterocycles. The fraction of sp³-hybridized carbons (Fsp3) is 0.0714. The van der Waals surface area contributed by atoms with Crippen molar-refractivity contribution in [1.82, 2.24) is 9.97 Å². The number of nitro groups is 1. The third-order valence-corrected chi connectivity index (χ3v) is 3.85. The average molecular weight is 347 g/mol. The van der Waals surface area contributed by atoms with Gasteiger partial charge in [0.2, 0.25) is 5.95 Å². The molecule has 0 radical (unpaired) electrons. The molecule has 0 unspecified atom stereocenters. The van der Waals surface area contributed by atoms with Crippen LogP contribution in [0.15, 0.2) is 46.9 Å². The number of aromatic nitrogens is 2. The minimum atomic E-state index is -0.422. The van der Waals surface area contributed by atoms with Crippen molar-refractivity contribution in [3.05, 3.63) is 62.6 Å². The Balaban J connectivity index is 1.82. The molecule has 1 heterocycles. The molecule has 0 atom stereocenters. The summed E-state index contributed by atoms with van der Waals surface area (Å²) < 4.78 is 1.02. The summed E-state index contributed by atoms with van der Waals surface area (Å²) in [6.07, 6.45) is 0. The predicted molar refractivity (Wildman–Crippen MR) is 84.2 cm³/mol. The van der Waals surface area contributed by atoms with E-state index < -0.39 is 4.92 Å². The molecule has 0 amide bonds. The highest BCUT2D eigenvalue weighted by atomic mass is 79.9. The maximum Gasteiger partial charge on any atom is 0.271 e. The van der Waals surface area contributed by atoms with Gasteiger partial charge in [0.1, 0.15) is 0 Å². The normalized spacial score (nSPS) is 10.7. The lowest BCUT2D eigenvalue weighted by atomic mass is 10.2. The number of benzene rings is 2. The van der Waals surface area contributed by atoms with Crippen LogP contribution in [0.1, 0.15) is 5.56 Å². The zero-order valence-corrected chi connectivity index (χ0v) is 12.4. The second kappa shape index (κ2) is 5.53. The molecule has 3 rings (SSSR count). The first-order valence-electron chi connectivity index (χ1n) is 6.25. The number of nitrogens with one attached hydrogen (secondary N) is 2. The van der Waals surface area contributed by atoms with E-state index in [1.54, 1.807) is 6.07 Å². The van der Waals surface area contributed by atoms with E-state index in [2.05, 4.69) is 31.2 Å². The highest BCUT2D eigenvalue weighted by molar-refractivity contribution is 9.10. The number of nitro benzene ring substituents is 1. The fourth-order valence-electron chi connectivity index (χ4n) is 2.02. The van der Waals surface area contributed by atoms with Crippen LogP contribution < -0.4 is 5.32 Å². The van der Waals surface area contributed by atoms with E-state index in [0.29, 0.717) is 23.5 Å². The van der Waals surface area contributed by atoms with Crippen molar-refractivity contribution in [2.45, 2.75) is 6.54 Å². The van der Waals surface area contributed by atoms with Crippen molar-refractivity contribution < 1.29 is 4.92 Å². The van der Waals surface area contributed by atoms with Crippen LogP contribution in [-0.2, 0) is 6.54 Å². The number of hydrogen-bond acceptors (Lipinski definition) is 4. The maximum atomic E-state index is 10.8. The van der Waals surface area contributed by atoms with Crippen molar-refractivity contribution >= 4 is 38.6 Å². The molecule has 0 bridgehead atoms. The van der Waals surface area contributed by atoms with Crippen LogP contribution in [0.3, 0.4) is 0 Å². The van der Waals surface area contributed by atoms with Crippen LogP contribution >= 0.6 is 15.9 Å². The Labute approximate surface area is 128 Å². The van der Waals surface area contributed by atoms with Gasteiger partial charge < -0.3 is 10.3 Å². The number of aromatic amines is 1. The van der Waals surface area contributed by atoms with E-state index in [0.717, 1.165) is 10.0 Å². The van der Waals surface area contributed by atoms with Gasteiger partial charge in [-0.15, -0.1) is 0 Å². The number of rotatable bonds is 4. The highest BCUT2D eigenvalue weighted by Gasteiger charge is 2.09. The van der Waals surface area contributed by atoms with E-state index in [4.69, 9.17) is 0 Å². The monoisotopic (exact) mass is 346 g/mol. The van der Waals surface area contributed by atoms with Gasteiger partial charge in [0.25, 0.3) is 5.69 Å². The molecule has 0 saturated carbocycles. The third-order valence-electron chi connectivity index (χ3n) is 3.08. The van der Waals surface area contributed by atoms with Gasteiger partial charge in [0.05, 0.1) is 16.0 Å². The topological polar surface area (TPSA) is 83.8 Å². The molecule has 106 valence electrons. The zero-order chi connectivity index (χ0) is 14.8. The molecule has 6 nitrogen and oxygen atoms in total. The SMILES string of the molecule is O=[N+]([O-])c1ccc2nc(NCc3ccccc3Br)[nH]c2c1. The number of non-ortho nitro benzene ring substituents is 1. The first-order valence-corrected chi connectivity index (χ1v) is 7.04. The number of H-pyrrole nitrogens is 1. The molecular formula is C14H11BrN4O2. The molecule has 0 aliphatic heterocycles. The largest absolute Gasteiger partial charge is 0.352 e. The van der Waals surface area contributed by atoms with Gasteiger partial charge in [0, 0.05) is 23.2 Å². The Morgan fingerprint density at radius 3 is 2.86 bits per heavy atom. The Morgan fingerprint density at radius 1 is 1.29 bits per heavy atom. The molecule has 7 heteroatoms. The van der Waals surface area contributed by atoms with E-state index >= 15 is 0 Å². The van der Waals surface area contributed by atoms with Gasteiger partial charge in [-0.05, 0) is 17.7 Å². The molecule has 0 aliphatic carbocycles. The number of nitrogens with zero attached hydrogens (tertiary/aromatic N) is 2. The molecule has 21 heavy (non-hydrogen) atoms. The van der Waals surface area contributed by atoms with E-state index in [9.17, 15) is 10.1 Å². The summed E-state index contributed by atoms with van der Waals surface area (Å²) in [5.41, 5.74) is 2.47. The third kappa shape index (κ3) is 2.87. The Hall–Kier alpha value is -2.41.